The van der Waals surface area contributed by atoms with E-state index in [1.54, 1.807) is 6.20 Å². The van der Waals surface area contributed by atoms with Gasteiger partial charge in [-0.2, -0.15) is 4.98 Å². The van der Waals surface area contributed by atoms with Gasteiger partial charge >= 0.3 is 0 Å². The number of piperazine rings is 1. The maximum atomic E-state index is 13.7. The van der Waals surface area contributed by atoms with Crippen molar-refractivity contribution in [3.05, 3.63) is 30.6 Å². The number of hydrogen-bond donors (Lipinski definition) is 0. The number of rotatable bonds is 3. The molecule has 3 rings (SSSR count). The summed E-state index contributed by atoms with van der Waals surface area (Å²) in [5, 5.41) is 0. The second-order valence-electron chi connectivity index (χ2n) is 5.28. The second kappa shape index (κ2) is 6.08. The van der Waals surface area contributed by atoms with Crippen LogP contribution < -0.4 is 14.7 Å². The predicted octanol–water partition coefficient (Wildman–Crippen LogP) is 0.798. The lowest BCUT2D eigenvalue weighted by atomic mass is 10.3. The molecule has 0 N–H and O–H groups in total. The summed E-state index contributed by atoms with van der Waals surface area (Å²) < 4.78 is 13.7. The summed E-state index contributed by atoms with van der Waals surface area (Å²) in [6.45, 7) is 2.89. The van der Waals surface area contributed by atoms with Crippen molar-refractivity contribution >= 4 is 17.6 Å². The average Bonchev–Trinajstić information content (AvgIpc) is 2.56. The van der Waals surface area contributed by atoms with Crippen molar-refractivity contribution in [2.45, 2.75) is 0 Å². The zero-order valence-corrected chi connectivity index (χ0v) is 12.6. The van der Waals surface area contributed by atoms with Gasteiger partial charge in [-0.1, -0.05) is 0 Å². The van der Waals surface area contributed by atoms with Crippen molar-refractivity contribution in [1.29, 1.82) is 0 Å². The summed E-state index contributed by atoms with van der Waals surface area (Å²) in [6, 6.07) is 1.90. The molecular weight excluding hydrogens is 285 g/mol. The summed E-state index contributed by atoms with van der Waals surface area (Å²) in [4.78, 5) is 22.4. The van der Waals surface area contributed by atoms with Crippen LogP contribution in [0.25, 0.3) is 0 Å². The first-order valence-electron chi connectivity index (χ1n) is 7.11. The van der Waals surface area contributed by atoms with E-state index in [1.807, 2.05) is 30.0 Å². The molecule has 7 nitrogen and oxygen atoms in total. The molecule has 0 spiro atoms. The van der Waals surface area contributed by atoms with Crippen LogP contribution in [0.4, 0.5) is 22.0 Å². The van der Waals surface area contributed by atoms with Crippen molar-refractivity contribution in [3.8, 4) is 0 Å². The largest absolute Gasteiger partial charge is 0.353 e. The van der Waals surface area contributed by atoms with Gasteiger partial charge in [0.05, 0.1) is 6.20 Å². The van der Waals surface area contributed by atoms with E-state index in [-0.39, 0.29) is 5.82 Å². The number of anilines is 3. The molecule has 0 saturated carbocycles. The Balaban J connectivity index is 1.69. The van der Waals surface area contributed by atoms with Crippen LogP contribution in [0.5, 0.6) is 0 Å². The van der Waals surface area contributed by atoms with Gasteiger partial charge in [0.1, 0.15) is 12.1 Å². The standard InChI is InChI=1S/C14H18FN7/c1-20(2)14-17-4-3-12(19-14)21-5-7-22(8-6-21)13-11(15)9-16-10-18-13/h3-4,9-10H,5-8H2,1-2H3. The molecule has 1 aliphatic rings. The van der Waals surface area contributed by atoms with E-state index in [9.17, 15) is 4.39 Å². The van der Waals surface area contributed by atoms with Crippen LogP contribution in [-0.4, -0.2) is 60.2 Å². The van der Waals surface area contributed by atoms with Crippen LogP contribution in [0, 0.1) is 5.82 Å². The number of nitrogens with zero attached hydrogens (tertiary/aromatic N) is 7. The Morgan fingerprint density at radius 3 is 2.50 bits per heavy atom. The average molecular weight is 303 g/mol. The first-order valence-corrected chi connectivity index (χ1v) is 7.11. The van der Waals surface area contributed by atoms with Gasteiger partial charge < -0.3 is 14.7 Å². The number of aromatic nitrogens is 4. The molecule has 3 heterocycles. The summed E-state index contributed by atoms with van der Waals surface area (Å²) >= 11 is 0. The molecule has 8 heteroatoms. The monoisotopic (exact) mass is 303 g/mol. The molecule has 0 amide bonds. The summed E-state index contributed by atoms with van der Waals surface area (Å²) in [6.07, 6.45) is 4.33. The van der Waals surface area contributed by atoms with E-state index in [4.69, 9.17) is 0 Å². The highest BCUT2D eigenvalue weighted by molar-refractivity contribution is 5.46. The summed E-state index contributed by atoms with van der Waals surface area (Å²) in [5.74, 6) is 1.56. The lowest BCUT2D eigenvalue weighted by Crippen LogP contribution is -2.47. The fourth-order valence-electron chi connectivity index (χ4n) is 2.42. The molecule has 2 aromatic rings. The molecule has 0 bridgehead atoms. The van der Waals surface area contributed by atoms with Crippen LogP contribution >= 0.6 is 0 Å². The zero-order valence-electron chi connectivity index (χ0n) is 12.6. The third kappa shape index (κ3) is 2.90. The van der Waals surface area contributed by atoms with Gasteiger partial charge in [-0.15, -0.1) is 0 Å². The normalized spacial score (nSPS) is 15.0. The van der Waals surface area contributed by atoms with Gasteiger partial charge in [0.15, 0.2) is 11.6 Å². The van der Waals surface area contributed by atoms with Gasteiger partial charge in [-0.05, 0) is 6.07 Å². The molecule has 0 radical (unpaired) electrons. The van der Waals surface area contributed by atoms with E-state index in [2.05, 4.69) is 24.8 Å². The minimum atomic E-state index is -0.382. The summed E-state index contributed by atoms with van der Waals surface area (Å²) in [5.41, 5.74) is 0. The first-order chi connectivity index (χ1) is 10.6. The van der Waals surface area contributed by atoms with Crippen molar-refractivity contribution in [1.82, 2.24) is 19.9 Å². The molecule has 2 aromatic heterocycles. The van der Waals surface area contributed by atoms with Gasteiger partial charge in [0.2, 0.25) is 5.95 Å². The second-order valence-corrected chi connectivity index (χ2v) is 5.28. The molecule has 1 fully saturated rings. The van der Waals surface area contributed by atoms with Crippen LogP contribution in [0.2, 0.25) is 0 Å². The molecular formula is C14H18FN7. The van der Waals surface area contributed by atoms with Crippen molar-refractivity contribution in [3.63, 3.8) is 0 Å². The Hall–Kier alpha value is -2.51. The zero-order chi connectivity index (χ0) is 15.5. The molecule has 0 aromatic carbocycles. The van der Waals surface area contributed by atoms with Crippen molar-refractivity contribution in [2.24, 2.45) is 0 Å². The Morgan fingerprint density at radius 1 is 1.09 bits per heavy atom. The van der Waals surface area contributed by atoms with Crippen LogP contribution in [0.1, 0.15) is 0 Å². The van der Waals surface area contributed by atoms with E-state index in [0.717, 1.165) is 18.9 Å². The fraction of sp³-hybridized carbons (Fsp3) is 0.429. The molecule has 22 heavy (non-hydrogen) atoms. The molecule has 1 aliphatic heterocycles. The van der Waals surface area contributed by atoms with Crippen molar-refractivity contribution in [2.75, 3.05) is 55.0 Å². The SMILES string of the molecule is CN(C)c1nccc(N2CCN(c3ncncc3F)CC2)n1. The Labute approximate surface area is 128 Å². The Kier molecular flexibility index (Phi) is 3.99. The molecule has 1 saturated heterocycles. The minimum Gasteiger partial charge on any atom is -0.353 e. The van der Waals surface area contributed by atoms with E-state index < -0.39 is 0 Å². The lowest BCUT2D eigenvalue weighted by Gasteiger charge is -2.36. The Morgan fingerprint density at radius 2 is 1.82 bits per heavy atom. The van der Waals surface area contributed by atoms with Gasteiger partial charge in [-0.25, -0.2) is 19.3 Å². The number of hydrogen-bond acceptors (Lipinski definition) is 7. The van der Waals surface area contributed by atoms with E-state index in [0.29, 0.717) is 24.9 Å². The molecule has 0 aliphatic carbocycles. The van der Waals surface area contributed by atoms with E-state index >= 15 is 0 Å². The molecule has 0 unspecified atom stereocenters. The van der Waals surface area contributed by atoms with Crippen molar-refractivity contribution < 1.29 is 4.39 Å². The molecule has 0 atom stereocenters. The smallest absolute Gasteiger partial charge is 0.226 e. The summed E-state index contributed by atoms with van der Waals surface area (Å²) in [7, 11) is 3.82. The first kappa shape index (κ1) is 14.4. The van der Waals surface area contributed by atoms with Gasteiger partial charge in [-0.3, -0.25) is 0 Å². The highest BCUT2D eigenvalue weighted by Crippen LogP contribution is 2.20. The topological polar surface area (TPSA) is 61.3 Å². The lowest BCUT2D eigenvalue weighted by molar-refractivity contribution is 0.581. The van der Waals surface area contributed by atoms with Crippen LogP contribution in [0.3, 0.4) is 0 Å². The quantitative estimate of drug-likeness (QED) is 0.831. The van der Waals surface area contributed by atoms with Crippen LogP contribution in [0.15, 0.2) is 24.8 Å². The third-order valence-electron chi connectivity index (χ3n) is 3.58. The number of halogens is 1. The Bertz CT molecular complexity index is 641. The van der Waals surface area contributed by atoms with E-state index in [1.165, 1.54) is 12.5 Å². The third-order valence-corrected chi connectivity index (χ3v) is 3.58. The van der Waals surface area contributed by atoms with Gasteiger partial charge in [0, 0.05) is 46.5 Å². The minimum absolute atomic E-state index is 0.367. The highest BCUT2D eigenvalue weighted by atomic mass is 19.1. The predicted molar refractivity (Wildman–Crippen MR) is 82.8 cm³/mol. The maximum Gasteiger partial charge on any atom is 0.226 e. The van der Waals surface area contributed by atoms with Gasteiger partial charge in [0.25, 0.3) is 0 Å². The van der Waals surface area contributed by atoms with Crippen LogP contribution in [-0.2, 0) is 0 Å². The highest BCUT2D eigenvalue weighted by Gasteiger charge is 2.21. The molecule has 116 valence electrons. The maximum absolute atomic E-state index is 13.7. The fourth-order valence-corrected chi connectivity index (χ4v) is 2.42.